The topological polar surface area (TPSA) is 63.6 Å². The monoisotopic (exact) mass is 298 g/mol. The molecule has 22 heavy (non-hydrogen) atoms. The first-order chi connectivity index (χ1) is 10.5. The van der Waals surface area contributed by atoms with Gasteiger partial charge in [-0.05, 0) is 37.1 Å². The van der Waals surface area contributed by atoms with Crippen molar-refractivity contribution in [1.82, 2.24) is 0 Å². The van der Waals surface area contributed by atoms with Gasteiger partial charge in [0.05, 0.1) is 6.42 Å². The molecule has 0 spiro atoms. The van der Waals surface area contributed by atoms with Gasteiger partial charge in [-0.2, -0.15) is 0 Å². The molecule has 0 aliphatic rings. The molecule has 0 atom stereocenters. The summed E-state index contributed by atoms with van der Waals surface area (Å²) in [6, 6.07) is 13.0. The highest BCUT2D eigenvalue weighted by Crippen LogP contribution is 2.27. The van der Waals surface area contributed by atoms with Gasteiger partial charge in [-0.3, -0.25) is 9.59 Å². The molecule has 0 aliphatic carbocycles. The third-order valence-corrected chi connectivity index (χ3v) is 3.50. The van der Waals surface area contributed by atoms with Crippen LogP contribution in [-0.2, 0) is 17.8 Å². The Morgan fingerprint density at radius 1 is 1.09 bits per heavy atom. The maximum absolute atomic E-state index is 11.6. The standard InChI is InChI=1S/C18H18O4/c1-12-15(13(2)19)8-9-17(16(12)10-18(20)21)22-11-14-6-4-3-5-7-14/h3-9H,10-11H2,1-2H3,(H,20,21). The molecule has 0 bridgehead atoms. The predicted molar refractivity (Wildman–Crippen MR) is 83.3 cm³/mol. The Kier molecular flexibility index (Phi) is 4.94. The highest BCUT2D eigenvalue weighted by Gasteiger charge is 2.16. The lowest BCUT2D eigenvalue weighted by atomic mass is 9.97. The van der Waals surface area contributed by atoms with Crippen molar-refractivity contribution in [3.8, 4) is 5.75 Å². The number of ketones is 1. The van der Waals surface area contributed by atoms with E-state index in [2.05, 4.69) is 0 Å². The Morgan fingerprint density at radius 2 is 1.77 bits per heavy atom. The quantitative estimate of drug-likeness (QED) is 0.830. The summed E-state index contributed by atoms with van der Waals surface area (Å²) in [5.74, 6) is -0.527. The summed E-state index contributed by atoms with van der Waals surface area (Å²) in [6.45, 7) is 3.58. The summed E-state index contributed by atoms with van der Waals surface area (Å²) in [7, 11) is 0. The molecule has 0 aliphatic heterocycles. The molecule has 0 saturated carbocycles. The summed E-state index contributed by atoms with van der Waals surface area (Å²) in [5.41, 5.74) is 2.75. The number of Topliss-reactive ketones (excluding diaryl/α,β-unsaturated/α-hetero) is 1. The molecule has 1 N–H and O–H groups in total. The van der Waals surface area contributed by atoms with Crippen LogP contribution in [0.3, 0.4) is 0 Å². The highest BCUT2D eigenvalue weighted by molar-refractivity contribution is 5.96. The molecule has 2 aromatic carbocycles. The Labute approximate surface area is 129 Å². The van der Waals surface area contributed by atoms with Crippen LogP contribution in [0, 0.1) is 6.92 Å². The van der Waals surface area contributed by atoms with Crippen molar-refractivity contribution in [3.63, 3.8) is 0 Å². The van der Waals surface area contributed by atoms with Crippen LogP contribution in [0.1, 0.15) is 34.0 Å². The van der Waals surface area contributed by atoms with Crippen molar-refractivity contribution in [1.29, 1.82) is 0 Å². The van der Waals surface area contributed by atoms with Gasteiger partial charge in [-0.1, -0.05) is 30.3 Å². The number of rotatable bonds is 6. The summed E-state index contributed by atoms with van der Waals surface area (Å²) in [6.07, 6.45) is -0.170. The number of ether oxygens (including phenoxy) is 1. The van der Waals surface area contributed by atoms with E-state index in [1.165, 1.54) is 6.92 Å². The fourth-order valence-electron chi connectivity index (χ4n) is 2.35. The number of carbonyl (C=O) groups is 2. The first-order valence-corrected chi connectivity index (χ1v) is 7.01. The van der Waals surface area contributed by atoms with Gasteiger partial charge in [-0.25, -0.2) is 0 Å². The van der Waals surface area contributed by atoms with Gasteiger partial charge in [0.1, 0.15) is 12.4 Å². The minimum atomic E-state index is -0.951. The summed E-state index contributed by atoms with van der Waals surface area (Å²) >= 11 is 0. The van der Waals surface area contributed by atoms with Gasteiger partial charge in [0, 0.05) is 11.1 Å². The van der Waals surface area contributed by atoms with E-state index in [4.69, 9.17) is 9.84 Å². The van der Waals surface area contributed by atoms with Crippen LogP contribution in [-0.4, -0.2) is 16.9 Å². The van der Waals surface area contributed by atoms with E-state index in [1.54, 1.807) is 19.1 Å². The van der Waals surface area contributed by atoms with E-state index >= 15 is 0 Å². The van der Waals surface area contributed by atoms with E-state index in [0.717, 1.165) is 5.56 Å². The highest BCUT2D eigenvalue weighted by atomic mass is 16.5. The van der Waals surface area contributed by atoms with E-state index in [1.807, 2.05) is 30.3 Å². The number of carbonyl (C=O) groups excluding carboxylic acids is 1. The van der Waals surface area contributed by atoms with Gasteiger partial charge < -0.3 is 9.84 Å². The van der Waals surface area contributed by atoms with Crippen molar-refractivity contribution in [2.24, 2.45) is 0 Å². The zero-order valence-corrected chi connectivity index (χ0v) is 12.6. The first kappa shape index (κ1) is 15.8. The van der Waals surface area contributed by atoms with Crippen LogP contribution in [0.15, 0.2) is 42.5 Å². The van der Waals surface area contributed by atoms with E-state index < -0.39 is 5.97 Å². The molecule has 4 heteroatoms. The normalized spacial score (nSPS) is 10.3. The smallest absolute Gasteiger partial charge is 0.307 e. The summed E-state index contributed by atoms with van der Waals surface area (Å²) < 4.78 is 5.77. The minimum Gasteiger partial charge on any atom is -0.489 e. The number of aliphatic carboxylic acids is 1. The van der Waals surface area contributed by atoms with Crippen molar-refractivity contribution in [2.75, 3.05) is 0 Å². The largest absolute Gasteiger partial charge is 0.489 e. The van der Waals surface area contributed by atoms with Crippen LogP contribution in [0.4, 0.5) is 0 Å². The molecule has 0 unspecified atom stereocenters. The molecule has 2 rings (SSSR count). The predicted octanol–water partition coefficient (Wildman–Crippen LogP) is 3.40. The van der Waals surface area contributed by atoms with E-state index in [-0.39, 0.29) is 12.2 Å². The molecule has 0 amide bonds. The Morgan fingerprint density at radius 3 is 2.36 bits per heavy atom. The maximum atomic E-state index is 11.6. The number of benzene rings is 2. The average molecular weight is 298 g/mol. The lowest BCUT2D eigenvalue weighted by molar-refractivity contribution is -0.136. The molecule has 0 radical (unpaired) electrons. The molecular formula is C18H18O4. The third kappa shape index (κ3) is 3.73. The Balaban J connectivity index is 2.31. The molecule has 114 valence electrons. The molecule has 2 aromatic rings. The molecule has 0 fully saturated rings. The van der Waals surface area contributed by atoms with Crippen LogP contribution < -0.4 is 4.74 Å². The van der Waals surface area contributed by atoms with Crippen LogP contribution in [0.25, 0.3) is 0 Å². The molecule has 0 heterocycles. The zero-order chi connectivity index (χ0) is 16.1. The van der Waals surface area contributed by atoms with E-state index in [9.17, 15) is 9.59 Å². The number of carboxylic acids is 1. The lowest BCUT2D eigenvalue weighted by Gasteiger charge is -2.15. The second kappa shape index (κ2) is 6.89. The maximum Gasteiger partial charge on any atom is 0.307 e. The van der Waals surface area contributed by atoms with Gasteiger partial charge in [-0.15, -0.1) is 0 Å². The van der Waals surface area contributed by atoms with Crippen molar-refractivity contribution >= 4 is 11.8 Å². The molecule has 0 aromatic heterocycles. The van der Waals surface area contributed by atoms with Gasteiger partial charge in [0.15, 0.2) is 5.78 Å². The Hall–Kier alpha value is -2.62. The van der Waals surface area contributed by atoms with Gasteiger partial charge in [0.25, 0.3) is 0 Å². The second-order valence-electron chi connectivity index (χ2n) is 5.12. The number of hydrogen-bond acceptors (Lipinski definition) is 3. The summed E-state index contributed by atoms with van der Waals surface area (Å²) in [5, 5.41) is 9.09. The third-order valence-electron chi connectivity index (χ3n) is 3.50. The van der Waals surface area contributed by atoms with Crippen LogP contribution in [0.2, 0.25) is 0 Å². The van der Waals surface area contributed by atoms with Crippen LogP contribution >= 0.6 is 0 Å². The fourth-order valence-corrected chi connectivity index (χ4v) is 2.35. The number of carboxylic acid groups (broad SMARTS) is 1. The first-order valence-electron chi connectivity index (χ1n) is 7.01. The van der Waals surface area contributed by atoms with Gasteiger partial charge >= 0.3 is 5.97 Å². The lowest BCUT2D eigenvalue weighted by Crippen LogP contribution is -2.09. The molecular weight excluding hydrogens is 280 g/mol. The Bertz CT molecular complexity index is 690. The zero-order valence-electron chi connectivity index (χ0n) is 12.6. The van der Waals surface area contributed by atoms with Crippen molar-refractivity contribution in [2.45, 2.75) is 26.9 Å². The van der Waals surface area contributed by atoms with E-state index in [0.29, 0.717) is 29.0 Å². The number of hydrogen-bond donors (Lipinski definition) is 1. The molecule has 4 nitrogen and oxygen atoms in total. The van der Waals surface area contributed by atoms with Gasteiger partial charge in [0.2, 0.25) is 0 Å². The summed E-state index contributed by atoms with van der Waals surface area (Å²) in [4.78, 5) is 22.7. The SMILES string of the molecule is CC(=O)c1ccc(OCc2ccccc2)c(CC(=O)O)c1C. The van der Waals surface area contributed by atoms with Crippen LogP contribution in [0.5, 0.6) is 5.75 Å². The minimum absolute atomic E-state index is 0.0845. The average Bonchev–Trinajstić information content (AvgIpc) is 2.48. The molecule has 0 saturated heterocycles. The second-order valence-corrected chi connectivity index (χ2v) is 5.12. The van der Waals surface area contributed by atoms with Crippen molar-refractivity contribution in [3.05, 3.63) is 64.7 Å². The van der Waals surface area contributed by atoms with Crippen molar-refractivity contribution < 1.29 is 19.4 Å². The fraction of sp³-hybridized carbons (Fsp3) is 0.222.